The summed E-state index contributed by atoms with van der Waals surface area (Å²) < 4.78 is 5.44. The fraction of sp³-hybridized carbons (Fsp3) is 0.389. The molecule has 1 aliphatic rings. The Labute approximate surface area is 139 Å². The van der Waals surface area contributed by atoms with Crippen LogP contribution in [0.5, 0.6) is 0 Å². The number of amides is 1. The molecule has 0 aliphatic heterocycles. The van der Waals surface area contributed by atoms with Crippen molar-refractivity contribution in [2.24, 2.45) is 11.8 Å². The molecular formula is C18H20N2O4. The summed E-state index contributed by atoms with van der Waals surface area (Å²) in [6, 6.07) is 9.57. The number of hydrogen-bond acceptors (Lipinski definition) is 4. The summed E-state index contributed by atoms with van der Waals surface area (Å²) in [5.74, 6) is -0.686. The molecule has 1 aliphatic carbocycles. The van der Waals surface area contributed by atoms with Crippen LogP contribution in [-0.4, -0.2) is 22.0 Å². The van der Waals surface area contributed by atoms with E-state index >= 15 is 0 Å². The SMILES string of the molecule is O=C(O)C1CCC(C(=O)NCc2coc(-c3ccccc3)n2)CC1. The van der Waals surface area contributed by atoms with E-state index in [1.54, 1.807) is 6.26 Å². The van der Waals surface area contributed by atoms with Gasteiger partial charge in [-0.05, 0) is 37.8 Å². The van der Waals surface area contributed by atoms with Crippen LogP contribution in [0.4, 0.5) is 0 Å². The van der Waals surface area contributed by atoms with Gasteiger partial charge in [-0.25, -0.2) is 4.98 Å². The van der Waals surface area contributed by atoms with Crippen molar-refractivity contribution in [2.45, 2.75) is 32.2 Å². The molecule has 6 heteroatoms. The lowest BCUT2D eigenvalue weighted by atomic mass is 9.81. The maximum Gasteiger partial charge on any atom is 0.306 e. The van der Waals surface area contributed by atoms with Crippen molar-refractivity contribution < 1.29 is 19.1 Å². The lowest BCUT2D eigenvalue weighted by molar-refractivity contribution is -0.144. The van der Waals surface area contributed by atoms with Crippen molar-refractivity contribution in [1.82, 2.24) is 10.3 Å². The first-order valence-electron chi connectivity index (χ1n) is 8.14. The second kappa shape index (κ2) is 7.29. The van der Waals surface area contributed by atoms with Gasteiger partial charge in [0.1, 0.15) is 6.26 Å². The van der Waals surface area contributed by atoms with Crippen molar-refractivity contribution in [1.29, 1.82) is 0 Å². The second-order valence-electron chi connectivity index (χ2n) is 6.11. The van der Waals surface area contributed by atoms with E-state index in [2.05, 4.69) is 10.3 Å². The van der Waals surface area contributed by atoms with Crippen LogP contribution in [0.2, 0.25) is 0 Å². The summed E-state index contributed by atoms with van der Waals surface area (Å²) in [6.45, 7) is 0.314. The highest BCUT2D eigenvalue weighted by Gasteiger charge is 2.29. The predicted octanol–water partition coefficient (Wildman–Crippen LogP) is 2.85. The van der Waals surface area contributed by atoms with Gasteiger partial charge in [-0.1, -0.05) is 18.2 Å². The summed E-state index contributed by atoms with van der Waals surface area (Å²) in [6.07, 6.45) is 3.92. The van der Waals surface area contributed by atoms with Gasteiger partial charge in [-0.15, -0.1) is 0 Å². The molecule has 126 valence electrons. The molecular weight excluding hydrogens is 308 g/mol. The zero-order valence-electron chi connectivity index (χ0n) is 13.3. The summed E-state index contributed by atoms with van der Waals surface area (Å²) in [4.78, 5) is 27.5. The van der Waals surface area contributed by atoms with Crippen LogP contribution in [0, 0.1) is 11.8 Å². The van der Waals surface area contributed by atoms with E-state index in [-0.39, 0.29) is 17.7 Å². The van der Waals surface area contributed by atoms with Crippen LogP contribution in [0.3, 0.4) is 0 Å². The van der Waals surface area contributed by atoms with Crippen molar-refractivity contribution in [3.05, 3.63) is 42.3 Å². The number of carbonyl (C=O) groups is 2. The topological polar surface area (TPSA) is 92.4 Å². The van der Waals surface area contributed by atoms with Gasteiger partial charge in [0.15, 0.2) is 0 Å². The maximum atomic E-state index is 12.2. The van der Waals surface area contributed by atoms with Crippen molar-refractivity contribution in [2.75, 3.05) is 0 Å². The Morgan fingerprint density at radius 1 is 1.12 bits per heavy atom. The van der Waals surface area contributed by atoms with E-state index in [0.717, 1.165) is 5.56 Å². The lowest BCUT2D eigenvalue weighted by Crippen LogP contribution is -2.34. The number of carbonyl (C=O) groups excluding carboxylic acids is 1. The van der Waals surface area contributed by atoms with E-state index < -0.39 is 5.97 Å². The zero-order valence-corrected chi connectivity index (χ0v) is 13.3. The Bertz CT molecular complexity index is 703. The van der Waals surface area contributed by atoms with Gasteiger partial charge in [0.05, 0.1) is 18.2 Å². The van der Waals surface area contributed by atoms with Crippen LogP contribution in [0.15, 0.2) is 41.0 Å². The third kappa shape index (κ3) is 3.82. The molecule has 1 aromatic heterocycles. The number of rotatable bonds is 5. The highest BCUT2D eigenvalue weighted by Crippen LogP contribution is 2.29. The quantitative estimate of drug-likeness (QED) is 0.880. The first kappa shape index (κ1) is 16.2. The number of carboxylic acid groups (broad SMARTS) is 1. The van der Waals surface area contributed by atoms with Crippen LogP contribution < -0.4 is 5.32 Å². The molecule has 1 amide bonds. The number of benzene rings is 1. The van der Waals surface area contributed by atoms with Crippen molar-refractivity contribution in [3.63, 3.8) is 0 Å². The van der Waals surface area contributed by atoms with E-state index in [1.165, 1.54) is 0 Å². The Balaban J connectivity index is 1.50. The van der Waals surface area contributed by atoms with Gasteiger partial charge in [0.25, 0.3) is 0 Å². The number of carboxylic acids is 1. The van der Waals surface area contributed by atoms with Gasteiger partial charge >= 0.3 is 5.97 Å². The first-order valence-corrected chi connectivity index (χ1v) is 8.14. The molecule has 0 saturated heterocycles. The fourth-order valence-corrected chi connectivity index (χ4v) is 3.03. The minimum absolute atomic E-state index is 0.0388. The summed E-state index contributed by atoms with van der Waals surface area (Å²) in [5.41, 5.74) is 1.56. The molecule has 0 atom stereocenters. The minimum atomic E-state index is -0.759. The number of aromatic nitrogens is 1. The van der Waals surface area contributed by atoms with Gasteiger partial charge < -0.3 is 14.8 Å². The standard InChI is InChI=1S/C18H20N2O4/c21-16(12-6-8-14(9-7-12)18(22)23)19-10-15-11-24-17(20-15)13-4-2-1-3-5-13/h1-5,11-12,14H,6-10H2,(H,19,21)(H,22,23). The first-order chi connectivity index (χ1) is 11.6. The molecule has 6 nitrogen and oxygen atoms in total. The minimum Gasteiger partial charge on any atom is -0.481 e. The normalized spacial score (nSPS) is 20.5. The predicted molar refractivity (Wildman–Crippen MR) is 86.9 cm³/mol. The van der Waals surface area contributed by atoms with Gasteiger partial charge in [-0.2, -0.15) is 0 Å². The van der Waals surface area contributed by atoms with Gasteiger partial charge in [-0.3, -0.25) is 9.59 Å². The Morgan fingerprint density at radius 2 is 1.79 bits per heavy atom. The molecule has 0 bridgehead atoms. The molecule has 1 fully saturated rings. The zero-order chi connectivity index (χ0) is 16.9. The Kier molecular flexibility index (Phi) is 4.93. The Morgan fingerprint density at radius 3 is 2.46 bits per heavy atom. The number of nitrogens with zero attached hydrogens (tertiary/aromatic N) is 1. The van der Waals surface area contributed by atoms with Crippen molar-refractivity contribution in [3.8, 4) is 11.5 Å². The van der Waals surface area contributed by atoms with E-state index in [0.29, 0.717) is 43.8 Å². The number of hydrogen-bond donors (Lipinski definition) is 2. The highest BCUT2D eigenvalue weighted by atomic mass is 16.4. The largest absolute Gasteiger partial charge is 0.481 e. The fourth-order valence-electron chi connectivity index (χ4n) is 3.03. The average Bonchev–Trinajstić information content (AvgIpc) is 3.09. The molecule has 1 aromatic carbocycles. The lowest BCUT2D eigenvalue weighted by Gasteiger charge is -2.25. The number of nitrogens with one attached hydrogen (secondary N) is 1. The van der Waals surface area contributed by atoms with Crippen LogP contribution in [0.1, 0.15) is 31.4 Å². The Hall–Kier alpha value is -2.63. The third-order valence-electron chi connectivity index (χ3n) is 4.46. The molecule has 1 heterocycles. The van der Waals surface area contributed by atoms with Crippen LogP contribution in [0.25, 0.3) is 11.5 Å². The monoisotopic (exact) mass is 328 g/mol. The molecule has 2 N–H and O–H groups in total. The molecule has 0 unspecified atom stereocenters. The average molecular weight is 328 g/mol. The second-order valence-corrected chi connectivity index (χ2v) is 6.11. The van der Waals surface area contributed by atoms with Crippen LogP contribution >= 0.6 is 0 Å². The molecule has 24 heavy (non-hydrogen) atoms. The number of oxazole rings is 1. The number of aliphatic carboxylic acids is 1. The van der Waals surface area contributed by atoms with Gasteiger partial charge in [0, 0.05) is 11.5 Å². The molecule has 3 rings (SSSR count). The smallest absolute Gasteiger partial charge is 0.306 e. The summed E-state index contributed by atoms with van der Waals surface area (Å²) >= 11 is 0. The molecule has 0 spiro atoms. The molecule has 0 radical (unpaired) electrons. The molecule has 1 saturated carbocycles. The van der Waals surface area contributed by atoms with E-state index in [1.807, 2.05) is 30.3 Å². The van der Waals surface area contributed by atoms with Crippen LogP contribution in [-0.2, 0) is 16.1 Å². The van der Waals surface area contributed by atoms with Gasteiger partial charge in [0.2, 0.25) is 11.8 Å². The third-order valence-corrected chi connectivity index (χ3v) is 4.46. The molecule has 2 aromatic rings. The van der Waals surface area contributed by atoms with E-state index in [9.17, 15) is 9.59 Å². The summed E-state index contributed by atoms with van der Waals surface area (Å²) in [7, 11) is 0. The van der Waals surface area contributed by atoms with E-state index in [4.69, 9.17) is 9.52 Å². The highest BCUT2D eigenvalue weighted by molar-refractivity contribution is 5.79. The van der Waals surface area contributed by atoms with Crippen molar-refractivity contribution >= 4 is 11.9 Å². The maximum absolute atomic E-state index is 12.2. The summed E-state index contributed by atoms with van der Waals surface area (Å²) in [5, 5.41) is 11.9.